The van der Waals surface area contributed by atoms with Crippen molar-refractivity contribution in [3.63, 3.8) is 0 Å². The number of hydrogen-bond donors (Lipinski definition) is 1. The van der Waals surface area contributed by atoms with E-state index in [2.05, 4.69) is 26.2 Å². The van der Waals surface area contributed by atoms with E-state index in [0.717, 1.165) is 29.4 Å². The molecule has 94 valence electrons. The van der Waals surface area contributed by atoms with Crippen LogP contribution in [0, 0.1) is 5.82 Å². The fourth-order valence-corrected chi connectivity index (χ4v) is 4.03. The predicted octanol–water partition coefficient (Wildman–Crippen LogP) is 2.63. The Morgan fingerprint density at radius 1 is 1.39 bits per heavy atom. The summed E-state index contributed by atoms with van der Waals surface area (Å²) in [6, 6.07) is 1.46. The van der Waals surface area contributed by atoms with Crippen LogP contribution in [-0.2, 0) is 5.41 Å². The molecule has 0 spiro atoms. The van der Waals surface area contributed by atoms with Gasteiger partial charge in [0.1, 0.15) is 0 Å². The van der Waals surface area contributed by atoms with Gasteiger partial charge in [-0.05, 0) is 48.3 Å². The van der Waals surface area contributed by atoms with Gasteiger partial charge < -0.3 is 9.72 Å². The number of imidazole rings is 1. The Bertz CT molecular complexity index is 644. The quantitative estimate of drug-likeness (QED) is 0.924. The van der Waals surface area contributed by atoms with Crippen LogP contribution >= 0.6 is 15.9 Å². The van der Waals surface area contributed by atoms with E-state index < -0.39 is 0 Å². The van der Waals surface area contributed by atoms with Crippen molar-refractivity contribution in [1.29, 1.82) is 0 Å². The van der Waals surface area contributed by atoms with E-state index in [4.69, 9.17) is 0 Å². The average molecular weight is 310 g/mol. The second kappa shape index (κ2) is 3.14. The molecule has 0 aliphatic heterocycles. The Kier molecular flexibility index (Phi) is 1.91. The summed E-state index contributed by atoms with van der Waals surface area (Å²) in [7, 11) is 2.02. The number of halogens is 2. The summed E-state index contributed by atoms with van der Waals surface area (Å²) in [5.41, 5.74) is 2.01. The monoisotopic (exact) mass is 309 g/mol. The van der Waals surface area contributed by atoms with Crippen LogP contribution in [-0.4, -0.2) is 22.0 Å². The van der Waals surface area contributed by atoms with Crippen molar-refractivity contribution in [1.82, 2.24) is 14.7 Å². The minimum atomic E-state index is -0.273. The molecule has 2 aromatic rings. The lowest BCUT2D eigenvalue weighted by molar-refractivity contribution is -0.0855. The Hall–Kier alpha value is -0.940. The molecule has 18 heavy (non-hydrogen) atoms. The van der Waals surface area contributed by atoms with Gasteiger partial charge in [-0.2, -0.15) is 0 Å². The summed E-state index contributed by atoms with van der Waals surface area (Å²) in [6.45, 7) is 0. The molecule has 3 aliphatic rings. The second-order valence-electron chi connectivity index (χ2n) is 5.70. The first-order valence-corrected chi connectivity index (χ1v) is 6.88. The molecule has 3 aliphatic carbocycles. The van der Waals surface area contributed by atoms with Crippen molar-refractivity contribution in [3.8, 4) is 0 Å². The third-order valence-corrected chi connectivity index (χ3v) is 5.01. The number of fused-ring (bicyclic) bond motifs is 1. The number of nitrogens with one attached hydrogen (secondary N) is 1. The molecule has 5 heteroatoms. The van der Waals surface area contributed by atoms with Gasteiger partial charge in [-0.1, -0.05) is 0 Å². The van der Waals surface area contributed by atoms with Crippen molar-refractivity contribution >= 4 is 21.6 Å². The minimum absolute atomic E-state index is 0.202. The fourth-order valence-electron chi connectivity index (χ4n) is 3.60. The van der Waals surface area contributed by atoms with E-state index in [1.54, 1.807) is 4.40 Å². The molecule has 3 saturated carbocycles. The largest absolute Gasteiger partial charge is 0.314 e. The van der Waals surface area contributed by atoms with E-state index in [0.29, 0.717) is 11.2 Å². The Morgan fingerprint density at radius 2 is 2.11 bits per heavy atom. The molecule has 0 saturated heterocycles. The molecule has 3 nitrogen and oxygen atoms in total. The number of rotatable bonds is 2. The third-order valence-electron chi connectivity index (χ3n) is 4.58. The normalized spacial score (nSPS) is 33.3. The van der Waals surface area contributed by atoms with Crippen LogP contribution in [0.2, 0.25) is 0 Å². The summed E-state index contributed by atoms with van der Waals surface area (Å²) < 4.78 is 16.3. The number of hydrogen-bond acceptors (Lipinski definition) is 2. The molecule has 0 atom stereocenters. The molecule has 0 radical (unpaired) electrons. The van der Waals surface area contributed by atoms with Gasteiger partial charge in [0.05, 0.1) is 5.69 Å². The van der Waals surface area contributed by atoms with Crippen molar-refractivity contribution in [2.45, 2.75) is 30.2 Å². The van der Waals surface area contributed by atoms with Crippen molar-refractivity contribution in [2.24, 2.45) is 0 Å². The van der Waals surface area contributed by atoms with Crippen LogP contribution in [0.4, 0.5) is 4.39 Å². The van der Waals surface area contributed by atoms with Crippen LogP contribution in [0.3, 0.4) is 0 Å². The summed E-state index contributed by atoms with van der Waals surface area (Å²) in [5, 5.41) is 3.38. The van der Waals surface area contributed by atoms with Crippen molar-refractivity contribution in [2.75, 3.05) is 7.05 Å². The lowest BCUT2D eigenvalue weighted by atomic mass is 9.38. The fraction of sp³-hybridized carbons (Fsp3) is 0.462. The summed E-state index contributed by atoms with van der Waals surface area (Å²) in [4.78, 5) is 4.49. The first-order valence-electron chi connectivity index (χ1n) is 6.09. The zero-order chi connectivity index (χ0) is 12.5. The topological polar surface area (TPSA) is 29.3 Å². The van der Waals surface area contributed by atoms with E-state index in [9.17, 15) is 4.39 Å². The van der Waals surface area contributed by atoms with Gasteiger partial charge in [0.25, 0.3) is 0 Å². The molecule has 5 rings (SSSR count). The Labute approximate surface area is 113 Å². The molecule has 1 N–H and O–H groups in total. The van der Waals surface area contributed by atoms with Gasteiger partial charge in [-0.25, -0.2) is 9.37 Å². The van der Waals surface area contributed by atoms with Gasteiger partial charge in [-0.15, -0.1) is 0 Å². The van der Waals surface area contributed by atoms with Crippen molar-refractivity contribution in [3.05, 3.63) is 34.4 Å². The highest BCUT2D eigenvalue weighted by atomic mass is 79.9. The van der Waals surface area contributed by atoms with Crippen molar-refractivity contribution < 1.29 is 4.39 Å². The number of aromatic nitrogens is 2. The molecule has 0 unspecified atom stereocenters. The van der Waals surface area contributed by atoms with Crippen LogP contribution in [0.5, 0.6) is 0 Å². The standard InChI is InChI=1S/C13H13BrFN3/c1-16-13-5-12(6-13,7-13)10-4-18-3-8(14)2-9(15)11(18)17-10/h2-4,16H,5-7H2,1H3. The maximum absolute atomic E-state index is 13.8. The van der Waals surface area contributed by atoms with Gasteiger partial charge in [0.2, 0.25) is 0 Å². The molecule has 2 aromatic heterocycles. The maximum Gasteiger partial charge on any atom is 0.173 e. The molecular formula is C13H13BrFN3. The van der Waals surface area contributed by atoms with Crippen LogP contribution in [0.1, 0.15) is 25.0 Å². The maximum atomic E-state index is 13.8. The molecule has 0 aromatic carbocycles. The predicted molar refractivity (Wildman–Crippen MR) is 70.2 cm³/mol. The van der Waals surface area contributed by atoms with Gasteiger partial charge in [-0.3, -0.25) is 0 Å². The smallest absolute Gasteiger partial charge is 0.173 e. The van der Waals surface area contributed by atoms with Crippen LogP contribution in [0.25, 0.3) is 5.65 Å². The van der Waals surface area contributed by atoms with E-state index in [1.807, 2.05) is 19.4 Å². The van der Waals surface area contributed by atoms with E-state index >= 15 is 0 Å². The molecule has 2 bridgehead atoms. The lowest BCUT2D eigenvalue weighted by Gasteiger charge is -2.70. The summed E-state index contributed by atoms with van der Waals surface area (Å²) in [6.07, 6.45) is 7.21. The lowest BCUT2D eigenvalue weighted by Crippen LogP contribution is -2.75. The van der Waals surface area contributed by atoms with Gasteiger partial charge in [0, 0.05) is 27.8 Å². The molecular weight excluding hydrogens is 297 g/mol. The van der Waals surface area contributed by atoms with Crippen LogP contribution < -0.4 is 5.32 Å². The first-order chi connectivity index (χ1) is 8.56. The third kappa shape index (κ3) is 1.19. The zero-order valence-corrected chi connectivity index (χ0v) is 11.6. The minimum Gasteiger partial charge on any atom is -0.314 e. The van der Waals surface area contributed by atoms with E-state index in [-0.39, 0.29) is 11.2 Å². The van der Waals surface area contributed by atoms with Gasteiger partial charge >= 0.3 is 0 Å². The summed E-state index contributed by atoms with van der Waals surface area (Å²) >= 11 is 3.30. The van der Waals surface area contributed by atoms with Crippen LogP contribution in [0.15, 0.2) is 22.9 Å². The Morgan fingerprint density at radius 3 is 2.78 bits per heavy atom. The average Bonchev–Trinajstić information content (AvgIpc) is 2.58. The first kappa shape index (κ1) is 10.9. The highest BCUT2D eigenvalue weighted by molar-refractivity contribution is 9.10. The molecule has 3 fully saturated rings. The highest BCUT2D eigenvalue weighted by Crippen LogP contribution is 2.67. The summed E-state index contributed by atoms with van der Waals surface area (Å²) in [5.74, 6) is -0.273. The second-order valence-corrected chi connectivity index (χ2v) is 6.62. The SMILES string of the molecule is CNC12CC(c3cn4cc(Br)cc(F)c4n3)(C1)C2. The number of pyridine rings is 1. The highest BCUT2D eigenvalue weighted by Gasteiger charge is 2.68. The van der Waals surface area contributed by atoms with E-state index in [1.165, 1.54) is 6.07 Å². The zero-order valence-electron chi connectivity index (χ0n) is 10.0. The number of nitrogens with zero attached hydrogens (tertiary/aromatic N) is 2. The van der Waals surface area contributed by atoms with Gasteiger partial charge in [0.15, 0.2) is 11.5 Å². The molecule has 2 heterocycles. The Balaban J connectivity index is 1.78. The molecule has 0 amide bonds.